The van der Waals surface area contributed by atoms with E-state index in [0.717, 1.165) is 30.6 Å². The smallest absolute Gasteiger partial charge is 0.134 e. The number of aliphatic hydroxyl groups excluding tert-OH is 1. The molecule has 1 aromatic carbocycles. The fraction of sp³-hybridized carbons (Fsp3) is 0.467. The lowest BCUT2D eigenvalue weighted by molar-refractivity contribution is 0.118. The van der Waals surface area contributed by atoms with Crippen molar-refractivity contribution in [2.24, 2.45) is 0 Å². The minimum absolute atomic E-state index is 0.152. The van der Waals surface area contributed by atoms with Gasteiger partial charge in [-0.05, 0) is 24.1 Å². The predicted molar refractivity (Wildman–Crippen MR) is 71.5 cm³/mol. The molecule has 3 nitrogen and oxygen atoms in total. The number of methoxy groups -OCH3 is 1. The SMILES string of the molecule is CCCCOCc1ccc(OC)c(C#CCO)c1. The van der Waals surface area contributed by atoms with Gasteiger partial charge >= 0.3 is 0 Å². The van der Waals surface area contributed by atoms with Crippen LogP contribution in [-0.2, 0) is 11.3 Å². The quantitative estimate of drug-likeness (QED) is 0.620. The van der Waals surface area contributed by atoms with Crippen molar-refractivity contribution < 1.29 is 14.6 Å². The van der Waals surface area contributed by atoms with Gasteiger partial charge in [-0.1, -0.05) is 31.3 Å². The predicted octanol–water partition coefficient (Wildman–Crippen LogP) is 2.36. The number of aliphatic hydroxyl groups is 1. The zero-order valence-electron chi connectivity index (χ0n) is 11.0. The molecule has 0 aliphatic heterocycles. The molecule has 1 N–H and O–H groups in total. The molecule has 98 valence electrons. The van der Waals surface area contributed by atoms with Gasteiger partial charge in [-0.2, -0.15) is 0 Å². The molecule has 0 fully saturated rings. The molecule has 0 bridgehead atoms. The maximum absolute atomic E-state index is 8.72. The van der Waals surface area contributed by atoms with Crippen LogP contribution in [0.4, 0.5) is 0 Å². The van der Waals surface area contributed by atoms with Gasteiger partial charge in [0, 0.05) is 6.61 Å². The molecule has 0 aliphatic carbocycles. The van der Waals surface area contributed by atoms with E-state index in [-0.39, 0.29) is 6.61 Å². The molecule has 0 aliphatic rings. The summed E-state index contributed by atoms with van der Waals surface area (Å²) in [6, 6.07) is 5.78. The molecule has 0 aromatic heterocycles. The summed E-state index contributed by atoms with van der Waals surface area (Å²) in [5, 5.41) is 8.72. The highest BCUT2D eigenvalue weighted by Gasteiger charge is 2.02. The van der Waals surface area contributed by atoms with Gasteiger partial charge in [0.15, 0.2) is 0 Å². The molecule has 0 saturated carbocycles. The summed E-state index contributed by atoms with van der Waals surface area (Å²) in [7, 11) is 1.61. The van der Waals surface area contributed by atoms with Crippen LogP contribution in [0, 0.1) is 11.8 Å². The Bertz CT molecular complexity index is 415. The van der Waals surface area contributed by atoms with Crippen LogP contribution in [0.5, 0.6) is 5.75 Å². The second kappa shape index (κ2) is 8.57. The van der Waals surface area contributed by atoms with Crippen LogP contribution in [0.15, 0.2) is 18.2 Å². The third kappa shape index (κ3) is 4.79. The second-order valence-electron chi connectivity index (χ2n) is 3.90. The van der Waals surface area contributed by atoms with E-state index in [1.807, 2.05) is 18.2 Å². The molecular formula is C15H20O3. The minimum Gasteiger partial charge on any atom is -0.495 e. The molecule has 0 atom stereocenters. The van der Waals surface area contributed by atoms with Crippen LogP contribution in [0.3, 0.4) is 0 Å². The number of hydrogen-bond acceptors (Lipinski definition) is 3. The van der Waals surface area contributed by atoms with Gasteiger partial charge in [0.25, 0.3) is 0 Å². The standard InChI is InChI=1S/C15H20O3/c1-3-4-10-18-12-13-7-8-15(17-2)14(11-13)6-5-9-16/h7-8,11,16H,3-4,9-10,12H2,1-2H3. The minimum atomic E-state index is -0.152. The molecule has 0 heterocycles. The highest BCUT2D eigenvalue weighted by Crippen LogP contribution is 2.19. The Morgan fingerprint density at radius 3 is 2.83 bits per heavy atom. The molecule has 0 unspecified atom stereocenters. The fourth-order valence-corrected chi connectivity index (χ4v) is 1.51. The Balaban J connectivity index is 2.70. The van der Waals surface area contributed by atoms with Crippen LogP contribution >= 0.6 is 0 Å². The van der Waals surface area contributed by atoms with Crippen molar-refractivity contribution in [3.63, 3.8) is 0 Å². The lowest BCUT2D eigenvalue weighted by Gasteiger charge is -2.07. The van der Waals surface area contributed by atoms with E-state index in [1.54, 1.807) is 7.11 Å². The van der Waals surface area contributed by atoms with Crippen LogP contribution in [-0.4, -0.2) is 25.4 Å². The summed E-state index contributed by atoms with van der Waals surface area (Å²) in [4.78, 5) is 0. The molecule has 0 saturated heterocycles. The van der Waals surface area contributed by atoms with Gasteiger partial charge in [-0.15, -0.1) is 0 Å². The summed E-state index contributed by atoms with van der Waals surface area (Å²) in [5.74, 6) is 6.22. The van der Waals surface area contributed by atoms with Crippen LogP contribution in [0.2, 0.25) is 0 Å². The first kappa shape index (κ1) is 14.6. The molecule has 1 aromatic rings. The fourth-order valence-electron chi connectivity index (χ4n) is 1.51. The number of benzene rings is 1. The summed E-state index contributed by atoms with van der Waals surface area (Å²) < 4.78 is 10.8. The molecule has 0 spiro atoms. The van der Waals surface area contributed by atoms with Crippen LogP contribution in [0.25, 0.3) is 0 Å². The average Bonchev–Trinajstić information content (AvgIpc) is 2.41. The van der Waals surface area contributed by atoms with Crippen LogP contribution in [0.1, 0.15) is 30.9 Å². The van der Waals surface area contributed by atoms with E-state index < -0.39 is 0 Å². The first-order valence-electron chi connectivity index (χ1n) is 6.16. The molecular weight excluding hydrogens is 228 g/mol. The Hall–Kier alpha value is -1.50. The average molecular weight is 248 g/mol. The van der Waals surface area contributed by atoms with E-state index in [9.17, 15) is 0 Å². The van der Waals surface area contributed by atoms with Crippen molar-refractivity contribution in [3.8, 4) is 17.6 Å². The van der Waals surface area contributed by atoms with E-state index in [1.165, 1.54) is 0 Å². The van der Waals surface area contributed by atoms with Gasteiger partial charge in [0.05, 0.1) is 19.3 Å². The van der Waals surface area contributed by atoms with Crippen molar-refractivity contribution in [2.75, 3.05) is 20.3 Å². The Morgan fingerprint density at radius 2 is 2.17 bits per heavy atom. The monoisotopic (exact) mass is 248 g/mol. The zero-order chi connectivity index (χ0) is 13.2. The maximum Gasteiger partial charge on any atom is 0.134 e. The summed E-state index contributed by atoms with van der Waals surface area (Å²) >= 11 is 0. The Kier molecular flexibility index (Phi) is 6.93. The molecule has 18 heavy (non-hydrogen) atoms. The first-order chi connectivity index (χ1) is 8.81. The van der Waals surface area contributed by atoms with Crippen molar-refractivity contribution in [1.29, 1.82) is 0 Å². The van der Waals surface area contributed by atoms with Gasteiger partial charge < -0.3 is 14.6 Å². The number of unbranched alkanes of at least 4 members (excludes halogenated alkanes) is 1. The number of hydrogen-bond donors (Lipinski definition) is 1. The van der Waals surface area contributed by atoms with Crippen molar-refractivity contribution >= 4 is 0 Å². The highest BCUT2D eigenvalue weighted by atomic mass is 16.5. The third-order valence-electron chi connectivity index (χ3n) is 2.48. The molecule has 0 amide bonds. The van der Waals surface area contributed by atoms with E-state index in [0.29, 0.717) is 12.4 Å². The number of rotatable bonds is 6. The Labute approximate surface area is 109 Å². The van der Waals surface area contributed by atoms with Gasteiger partial charge in [0.2, 0.25) is 0 Å². The second-order valence-corrected chi connectivity index (χ2v) is 3.90. The van der Waals surface area contributed by atoms with Crippen molar-refractivity contribution in [3.05, 3.63) is 29.3 Å². The lowest BCUT2D eigenvalue weighted by atomic mass is 10.1. The van der Waals surface area contributed by atoms with Gasteiger partial charge in [-0.25, -0.2) is 0 Å². The number of ether oxygens (including phenoxy) is 2. The van der Waals surface area contributed by atoms with E-state index in [2.05, 4.69) is 18.8 Å². The summed E-state index contributed by atoms with van der Waals surface area (Å²) in [5.41, 5.74) is 1.84. The Morgan fingerprint density at radius 1 is 1.33 bits per heavy atom. The van der Waals surface area contributed by atoms with Crippen molar-refractivity contribution in [2.45, 2.75) is 26.4 Å². The zero-order valence-corrected chi connectivity index (χ0v) is 11.0. The maximum atomic E-state index is 8.72. The van der Waals surface area contributed by atoms with E-state index >= 15 is 0 Å². The molecule has 0 radical (unpaired) electrons. The third-order valence-corrected chi connectivity index (χ3v) is 2.48. The molecule has 3 heteroatoms. The van der Waals surface area contributed by atoms with Crippen molar-refractivity contribution in [1.82, 2.24) is 0 Å². The van der Waals surface area contributed by atoms with Gasteiger partial charge in [0.1, 0.15) is 12.4 Å². The first-order valence-corrected chi connectivity index (χ1v) is 6.16. The molecule has 1 rings (SSSR count). The van der Waals surface area contributed by atoms with Crippen LogP contribution < -0.4 is 4.74 Å². The topological polar surface area (TPSA) is 38.7 Å². The normalized spacial score (nSPS) is 9.72. The van der Waals surface area contributed by atoms with E-state index in [4.69, 9.17) is 14.6 Å². The van der Waals surface area contributed by atoms with Gasteiger partial charge in [-0.3, -0.25) is 0 Å². The summed E-state index contributed by atoms with van der Waals surface area (Å²) in [6.07, 6.45) is 2.21. The highest BCUT2D eigenvalue weighted by molar-refractivity contribution is 5.48. The lowest BCUT2D eigenvalue weighted by Crippen LogP contribution is -1.97. The summed E-state index contributed by atoms with van der Waals surface area (Å²) in [6.45, 7) is 3.34. The largest absolute Gasteiger partial charge is 0.495 e.